The largest absolute Gasteiger partial charge is 0.466 e. The van der Waals surface area contributed by atoms with E-state index in [2.05, 4.69) is 17.9 Å². The SMILES string of the molecule is C=C(CO)C(=O)OC1CC2(C)C(O)CCC(=O)C2C(O)C1C(=C)C(=O)OC. The maximum atomic E-state index is 12.5. The van der Waals surface area contributed by atoms with Crippen LogP contribution in [0, 0.1) is 17.3 Å². The van der Waals surface area contributed by atoms with Crippen LogP contribution >= 0.6 is 0 Å². The summed E-state index contributed by atoms with van der Waals surface area (Å²) < 4.78 is 10.1. The van der Waals surface area contributed by atoms with Gasteiger partial charge in [0.2, 0.25) is 0 Å². The molecule has 2 fully saturated rings. The molecule has 6 unspecified atom stereocenters. The fourth-order valence-corrected chi connectivity index (χ4v) is 4.27. The Morgan fingerprint density at radius 3 is 2.44 bits per heavy atom. The third-order valence-corrected chi connectivity index (χ3v) is 5.82. The van der Waals surface area contributed by atoms with Gasteiger partial charge in [-0.1, -0.05) is 20.1 Å². The molecule has 150 valence electrons. The van der Waals surface area contributed by atoms with E-state index >= 15 is 0 Å². The summed E-state index contributed by atoms with van der Waals surface area (Å²) in [6.07, 6.45) is -2.94. The molecule has 0 aromatic carbocycles. The number of carbonyl (C=O) groups excluding carboxylic acids is 3. The van der Waals surface area contributed by atoms with Crippen LogP contribution in [0.25, 0.3) is 0 Å². The van der Waals surface area contributed by atoms with Crippen LogP contribution in [0.2, 0.25) is 0 Å². The second-order valence-corrected chi connectivity index (χ2v) is 7.45. The highest BCUT2D eigenvalue weighted by Crippen LogP contribution is 2.52. The van der Waals surface area contributed by atoms with Crippen molar-refractivity contribution in [3.63, 3.8) is 0 Å². The minimum absolute atomic E-state index is 0.0345. The second kappa shape index (κ2) is 7.92. The first-order valence-electron chi connectivity index (χ1n) is 8.74. The van der Waals surface area contributed by atoms with E-state index in [9.17, 15) is 24.6 Å². The molecule has 0 aromatic heterocycles. The van der Waals surface area contributed by atoms with Crippen molar-refractivity contribution in [1.29, 1.82) is 0 Å². The van der Waals surface area contributed by atoms with E-state index in [0.29, 0.717) is 0 Å². The number of ketones is 1. The van der Waals surface area contributed by atoms with Crippen LogP contribution in [-0.4, -0.2) is 65.1 Å². The molecule has 0 bridgehead atoms. The minimum Gasteiger partial charge on any atom is -0.466 e. The highest BCUT2D eigenvalue weighted by molar-refractivity contribution is 5.90. The first-order chi connectivity index (χ1) is 12.6. The van der Waals surface area contributed by atoms with Gasteiger partial charge in [-0.25, -0.2) is 9.59 Å². The molecule has 2 saturated carbocycles. The quantitative estimate of drug-likeness (QED) is 0.444. The van der Waals surface area contributed by atoms with Crippen molar-refractivity contribution < 1.29 is 39.2 Å². The van der Waals surface area contributed by atoms with Gasteiger partial charge in [0.05, 0.1) is 43.3 Å². The smallest absolute Gasteiger partial charge is 0.336 e. The molecule has 2 aliphatic rings. The summed E-state index contributed by atoms with van der Waals surface area (Å²) >= 11 is 0. The molecule has 8 nitrogen and oxygen atoms in total. The molecule has 0 radical (unpaired) electrons. The first-order valence-corrected chi connectivity index (χ1v) is 8.74. The Bertz CT molecular complexity index is 669. The number of esters is 2. The van der Waals surface area contributed by atoms with E-state index in [-0.39, 0.29) is 36.2 Å². The Balaban J connectivity index is 2.45. The van der Waals surface area contributed by atoms with Gasteiger partial charge in [-0.15, -0.1) is 0 Å². The molecule has 3 N–H and O–H groups in total. The molecule has 27 heavy (non-hydrogen) atoms. The van der Waals surface area contributed by atoms with Crippen LogP contribution in [0.1, 0.15) is 26.2 Å². The highest BCUT2D eigenvalue weighted by atomic mass is 16.5. The van der Waals surface area contributed by atoms with Crippen LogP contribution in [0.5, 0.6) is 0 Å². The number of hydrogen-bond acceptors (Lipinski definition) is 8. The Labute approximate surface area is 157 Å². The maximum Gasteiger partial charge on any atom is 0.336 e. The summed E-state index contributed by atoms with van der Waals surface area (Å²) in [6.45, 7) is 8.10. The number of ether oxygens (including phenoxy) is 2. The fourth-order valence-electron chi connectivity index (χ4n) is 4.27. The Morgan fingerprint density at radius 1 is 1.26 bits per heavy atom. The Hall–Kier alpha value is -2.03. The van der Waals surface area contributed by atoms with Crippen molar-refractivity contribution in [3.05, 3.63) is 24.3 Å². The van der Waals surface area contributed by atoms with Gasteiger partial charge in [-0.05, 0) is 12.8 Å². The predicted molar refractivity (Wildman–Crippen MR) is 93.2 cm³/mol. The number of aliphatic hydroxyl groups excluding tert-OH is 3. The summed E-state index contributed by atoms with van der Waals surface area (Å²) in [5, 5.41) is 30.5. The maximum absolute atomic E-state index is 12.5. The molecule has 2 rings (SSSR count). The lowest BCUT2D eigenvalue weighted by Gasteiger charge is -2.54. The molecular weight excluding hydrogens is 356 g/mol. The standard InChI is InChI=1S/C19H26O8/c1-9(8-20)17(24)27-12-7-19(3)13(22)6-5-11(21)15(19)16(23)14(12)10(2)18(25)26-4/h12-16,20,22-23H,1-2,5-8H2,3-4H3. The third-order valence-electron chi connectivity index (χ3n) is 5.82. The van der Waals surface area contributed by atoms with E-state index in [4.69, 9.17) is 9.84 Å². The van der Waals surface area contributed by atoms with Crippen molar-refractivity contribution in [2.45, 2.75) is 44.5 Å². The number of fused-ring (bicyclic) bond motifs is 1. The van der Waals surface area contributed by atoms with E-state index in [1.165, 1.54) is 0 Å². The van der Waals surface area contributed by atoms with Crippen LogP contribution in [0.15, 0.2) is 24.3 Å². The average Bonchev–Trinajstić information content (AvgIpc) is 2.62. The van der Waals surface area contributed by atoms with Crippen LogP contribution < -0.4 is 0 Å². The monoisotopic (exact) mass is 382 g/mol. The van der Waals surface area contributed by atoms with Crippen LogP contribution in [0.4, 0.5) is 0 Å². The van der Waals surface area contributed by atoms with Gasteiger partial charge in [-0.3, -0.25) is 4.79 Å². The van der Waals surface area contributed by atoms with E-state index in [0.717, 1.165) is 7.11 Å². The number of Topliss-reactive ketones (excluding diaryl/α,β-unsaturated/α-hetero) is 1. The molecule has 0 aromatic rings. The highest BCUT2D eigenvalue weighted by Gasteiger charge is 2.60. The topological polar surface area (TPSA) is 130 Å². The van der Waals surface area contributed by atoms with Crippen LogP contribution in [-0.2, 0) is 23.9 Å². The van der Waals surface area contributed by atoms with Gasteiger partial charge in [-0.2, -0.15) is 0 Å². The van der Waals surface area contributed by atoms with E-state index in [1.807, 2.05) is 0 Å². The molecule has 6 atom stereocenters. The number of hydrogen-bond donors (Lipinski definition) is 3. The van der Waals surface area contributed by atoms with E-state index in [1.54, 1.807) is 6.92 Å². The van der Waals surface area contributed by atoms with Crippen molar-refractivity contribution in [2.75, 3.05) is 13.7 Å². The number of aliphatic hydroxyl groups is 3. The lowest BCUT2D eigenvalue weighted by molar-refractivity contribution is -0.189. The zero-order valence-corrected chi connectivity index (χ0v) is 15.5. The van der Waals surface area contributed by atoms with Crippen molar-refractivity contribution in [3.8, 4) is 0 Å². The molecule has 2 aliphatic carbocycles. The zero-order chi connectivity index (χ0) is 20.5. The summed E-state index contributed by atoms with van der Waals surface area (Å²) in [4.78, 5) is 36.6. The van der Waals surface area contributed by atoms with Gasteiger partial charge < -0.3 is 24.8 Å². The van der Waals surface area contributed by atoms with Gasteiger partial charge in [0.15, 0.2) is 0 Å². The van der Waals surface area contributed by atoms with Gasteiger partial charge in [0, 0.05) is 17.4 Å². The molecular formula is C19H26O8. The second-order valence-electron chi connectivity index (χ2n) is 7.45. The number of rotatable bonds is 5. The number of carbonyl (C=O) groups is 3. The molecule has 0 amide bonds. The van der Waals surface area contributed by atoms with Gasteiger partial charge >= 0.3 is 11.9 Å². The zero-order valence-electron chi connectivity index (χ0n) is 15.5. The lowest BCUT2D eigenvalue weighted by Crippen LogP contribution is -2.62. The van der Waals surface area contributed by atoms with Gasteiger partial charge in [0.25, 0.3) is 0 Å². The molecule has 0 saturated heterocycles. The molecule has 8 heteroatoms. The van der Waals surface area contributed by atoms with Crippen molar-refractivity contribution in [1.82, 2.24) is 0 Å². The third kappa shape index (κ3) is 3.69. The molecule has 0 heterocycles. The Kier molecular flexibility index (Phi) is 6.24. The minimum atomic E-state index is -1.39. The summed E-state index contributed by atoms with van der Waals surface area (Å²) in [6, 6.07) is 0. The predicted octanol–water partition coefficient (Wildman–Crippen LogP) is -0.0970. The van der Waals surface area contributed by atoms with Crippen molar-refractivity contribution in [2.24, 2.45) is 17.3 Å². The average molecular weight is 382 g/mol. The molecule has 0 spiro atoms. The number of methoxy groups -OCH3 is 1. The summed E-state index contributed by atoms with van der Waals surface area (Å²) in [7, 11) is 1.15. The normalized spacial score (nSPS) is 35.7. The fraction of sp³-hybridized carbons (Fsp3) is 0.632. The Morgan fingerprint density at radius 2 is 1.89 bits per heavy atom. The summed E-state index contributed by atoms with van der Waals surface area (Å²) in [5.74, 6) is -3.92. The van der Waals surface area contributed by atoms with Gasteiger partial charge in [0.1, 0.15) is 11.9 Å². The van der Waals surface area contributed by atoms with Crippen LogP contribution in [0.3, 0.4) is 0 Å². The summed E-state index contributed by atoms with van der Waals surface area (Å²) in [5.41, 5.74) is -1.36. The lowest BCUT2D eigenvalue weighted by atomic mass is 9.53. The van der Waals surface area contributed by atoms with E-state index < -0.39 is 54.1 Å². The first kappa shape index (κ1) is 21.3. The molecule has 0 aliphatic heterocycles. The van der Waals surface area contributed by atoms with Crippen molar-refractivity contribution >= 4 is 17.7 Å².